The highest BCUT2D eigenvalue weighted by molar-refractivity contribution is 7.80. The summed E-state index contributed by atoms with van der Waals surface area (Å²) in [4.78, 5) is 8.87. The molecule has 0 aliphatic carbocycles. The smallest absolute Gasteiger partial charge is 0.174 e. The molecule has 1 saturated heterocycles. The summed E-state index contributed by atoms with van der Waals surface area (Å²) in [5.74, 6) is 0.604. The first-order valence-corrected chi connectivity index (χ1v) is 13.1. The van der Waals surface area contributed by atoms with Crippen molar-refractivity contribution in [3.8, 4) is 11.4 Å². The number of hydrogen-bond acceptors (Lipinski definition) is 5. The summed E-state index contributed by atoms with van der Waals surface area (Å²) in [6.45, 7) is 0.905. The summed E-state index contributed by atoms with van der Waals surface area (Å²) in [5.41, 5.74) is 5.05. The fourth-order valence-electron chi connectivity index (χ4n) is 4.71. The molecule has 2 aromatic heterocycles. The van der Waals surface area contributed by atoms with E-state index in [1.165, 1.54) is 0 Å². The number of rotatable bonds is 9. The maximum Gasteiger partial charge on any atom is 0.174 e. The second-order valence-electron chi connectivity index (χ2n) is 9.17. The minimum Gasteiger partial charge on any atom is -0.490 e. The van der Waals surface area contributed by atoms with Crippen molar-refractivity contribution in [3.05, 3.63) is 102 Å². The van der Waals surface area contributed by atoms with Crippen LogP contribution in [-0.2, 0) is 4.74 Å². The van der Waals surface area contributed by atoms with Crippen LogP contribution >= 0.6 is 23.8 Å². The summed E-state index contributed by atoms with van der Waals surface area (Å²) < 4.78 is 13.1. The molecule has 38 heavy (non-hydrogen) atoms. The van der Waals surface area contributed by atoms with Crippen molar-refractivity contribution < 1.29 is 9.47 Å². The number of nitrogens with one attached hydrogen (secondary N) is 1. The van der Waals surface area contributed by atoms with Gasteiger partial charge in [0.25, 0.3) is 0 Å². The number of halogens is 1. The van der Waals surface area contributed by atoms with Crippen LogP contribution < -0.4 is 19.9 Å². The zero-order valence-corrected chi connectivity index (χ0v) is 23.1. The minimum absolute atomic E-state index is 0.171. The lowest BCUT2D eigenvalue weighted by Crippen LogP contribution is -2.30. The second-order valence-corrected chi connectivity index (χ2v) is 9.96. The number of ether oxygens (including phenoxy) is 2. The van der Waals surface area contributed by atoms with Crippen LogP contribution in [0.15, 0.2) is 85.2 Å². The van der Waals surface area contributed by atoms with Gasteiger partial charge in [0.05, 0.1) is 23.4 Å². The van der Waals surface area contributed by atoms with E-state index in [1.807, 2.05) is 56.7 Å². The van der Waals surface area contributed by atoms with Gasteiger partial charge in [0.1, 0.15) is 18.4 Å². The average molecular weight is 548 g/mol. The number of thiocarbonyl (C=S) groups is 1. The molecule has 3 heterocycles. The second kappa shape index (κ2) is 11.4. The zero-order chi connectivity index (χ0) is 26.6. The Bertz CT molecular complexity index is 1390. The van der Waals surface area contributed by atoms with Crippen LogP contribution in [0.25, 0.3) is 5.69 Å². The minimum atomic E-state index is -0.183. The predicted molar refractivity (Wildman–Crippen MR) is 157 cm³/mol. The third kappa shape index (κ3) is 5.20. The van der Waals surface area contributed by atoms with Gasteiger partial charge in [0, 0.05) is 56.4 Å². The van der Waals surface area contributed by atoms with Crippen molar-refractivity contribution in [2.24, 2.45) is 0 Å². The van der Waals surface area contributed by atoms with Crippen molar-refractivity contribution in [2.45, 2.75) is 12.1 Å². The number of anilines is 2. The van der Waals surface area contributed by atoms with Gasteiger partial charge in [-0.25, -0.2) is 0 Å². The Balaban J connectivity index is 1.57. The normalized spacial score (nSPS) is 16.9. The molecule has 196 valence electrons. The molecule has 0 saturated carbocycles. The van der Waals surface area contributed by atoms with Crippen LogP contribution in [0.1, 0.15) is 23.5 Å². The van der Waals surface area contributed by atoms with E-state index >= 15 is 0 Å². The molecular weight excluding hydrogens is 518 g/mol. The predicted octanol–water partition coefficient (Wildman–Crippen LogP) is 5.79. The number of nitrogens with zero attached hydrogens (tertiary/aromatic N) is 4. The summed E-state index contributed by atoms with van der Waals surface area (Å²) in [6, 6.07) is 24.0. The molecule has 1 fully saturated rings. The maximum atomic E-state index is 6.65. The molecule has 0 amide bonds. The molecule has 1 aliphatic heterocycles. The van der Waals surface area contributed by atoms with E-state index < -0.39 is 0 Å². The van der Waals surface area contributed by atoms with E-state index in [0.29, 0.717) is 29.1 Å². The largest absolute Gasteiger partial charge is 0.490 e. The zero-order valence-electron chi connectivity index (χ0n) is 21.5. The standard InChI is InChI=1S/C29H30ClN5O2S/c1-33(2)20-9-11-21(12-10-20)34-16-6-8-25(34)28-27(24-7-4-5-15-31-24)32-29(38)35(28)22-13-14-26(23(30)19-22)37-18-17-36-3/h4-16,19,27-28H,17-18H2,1-3H3,(H,32,38). The van der Waals surface area contributed by atoms with Gasteiger partial charge >= 0.3 is 0 Å². The Hall–Kier alpha value is -3.59. The third-order valence-corrected chi connectivity index (χ3v) is 7.17. The number of benzene rings is 2. The lowest BCUT2D eigenvalue weighted by Gasteiger charge is -2.29. The molecule has 2 unspecified atom stereocenters. The van der Waals surface area contributed by atoms with Gasteiger partial charge in [0.15, 0.2) is 5.11 Å². The topological polar surface area (TPSA) is 54.8 Å². The van der Waals surface area contributed by atoms with Crippen LogP contribution in [0, 0.1) is 0 Å². The summed E-state index contributed by atoms with van der Waals surface area (Å²) in [7, 11) is 5.71. The van der Waals surface area contributed by atoms with Crippen molar-refractivity contribution in [1.82, 2.24) is 14.9 Å². The van der Waals surface area contributed by atoms with Crippen molar-refractivity contribution in [2.75, 3.05) is 44.2 Å². The van der Waals surface area contributed by atoms with Gasteiger partial charge in [-0.15, -0.1) is 0 Å². The molecular formula is C29H30ClN5O2S. The SMILES string of the molecule is COCCOc1ccc(N2C(=S)NC(c3ccccn3)C2c2cccn2-c2ccc(N(C)C)cc2)cc1Cl. The molecule has 0 bridgehead atoms. The fraction of sp³-hybridized carbons (Fsp3) is 0.241. The maximum absolute atomic E-state index is 6.65. The van der Waals surface area contributed by atoms with Gasteiger partial charge < -0.3 is 29.2 Å². The first-order chi connectivity index (χ1) is 18.5. The first kappa shape index (κ1) is 26.0. The Morgan fingerprint density at radius 1 is 1.00 bits per heavy atom. The molecule has 9 heteroatoms. The highest BCUT2D eigenvalue weighted by atomic mass is 35.5. The van der Waals surface area contributed by atoms with Crippen LogP contribution in [0.5, 0.6) is 5.75 Å². The molecule has 0 radical (unpaired) electrons. The number of methoxy groups -OCH3 is 1. The van der Waals surface area contributed by atoms with E-state index in [1.54, 1.807) is 7.11 Å². The summed E-state index contributed by atoms with van der Waals surface area (Å²) in [5, 5.41) is 4.63. The molecule has 0 spiro atoms. The van der Waals surface area contributed by atoms with E-state index in [2.05, 4.69) is 67.3 Å². The molecule has 5 rings (SSSR count). The van der Waals surface area contributed by atoms with Gasteiger partial charge in [-0.3, -0.25) is 4.98 Å². The molecule has 1 aliphatic rings. The molecule has 7 nitrogen and oxygen atoms in total. The lowest BCUT2D eigenvalue weighted by atomic mass is 10.0. The molecule has 2 atom stereocenters. The summed E-state index contributed by atoms with van der Waals surface area (Å²) in [6.07, 6.45) is 3.89. The molecule has 4 aromatic rings. The molecule has 1 N–H and O–H groups in total. The first-order valence-electron chi connectivity index (χ1n) is 12.3. The van der Waals surface area contributed by atoms with Gasteiger partial charge in [0.2, 0.25) is 0 Å². The van der Waals surface area contributed by atoms with E-state index in [0.717, 1.165) is 28.5 Å². The van der Waals surface area contributed by atoms with Crippen molar-refractivity contribution in [3.63, 3.8) is 0 Å². The quantitative estimate of drug-likeness (QED) is 0.210. The van der Waals surface area contributed by atoms with Gasteiger partial charge in [-0.1, -0.05) is 17.7 Å². The number of pyridine rings is 1. The number of hydrogen-bond donors (Lipinski definition) is 1. The van der Waals surface area contributed by atoms with E-state index in [-0.39, 0.29) is 12.1 Å². The monoisotopic (exact) mass is 547 g/mol. The Morgan fingerprint density at radius 3 is 2.47 bits per heavy atom. The Kier molecular flexibility index (Phi) is 7.83. The Morgan fingerprint density at radius 2 is 1.79 bits per heavy atom. The molecule has 2 aromatic carbocycles. The van der Waals surface area contributed by atoms with Gasteiger partial charge in [-0.2, -0.15) is 0 Å². The lowest BCUT2D eigenvalue weighted by molar-refractivity contribution is 0.146. The number of aromatic nitrogens is 2. The van der Waals surface area contributed by atoms with E-state index in [9.17, 15) is 0 Å². The van der Waals surface area contributed by atoms with Gasteiger partial charge in [-0.05, 0) is 78.9 Å². The average Bonchev–Trinajstić information content (AvgIpc) is 3.54. The van der Waals surface area contributed by atoms with Crippen molar-refractivity contribution in [1.29, 1.82) is 0 Å². The van der Waals surface area contributed by atoms with E-state index in [4.69, 9.17) is 33.3 Å². The van der Waals surface area contributed by atoms with Crippen LogP contribution in [-0.4, -0.2) is 49.1 Å². The Labute approximate surface area is 233 Å². The van der Waals surface area contributed by atoms with Crippen molar-refractivity contribution >= 4 is 40.3 Å². The summed E-state index contributed by atoms with van der Waals surface area (Å²) >= 11 is 12.5. The highest BCUT2D eigenvalue weighted by Gasteiger charge is 2.42. The van der Waals surface area contributed by atoms with Crippen LogP contribution in [0.4, 0.5) is 11.4 Å². The highest BCUT2D eigenvalue weighted by Crippen LogP contribution is 2.43. The van der Waals surface area contributed by atoms with Crippen LogP contribution in [0.3, 0.4) is 0 Å². The fourth-order valence-corrected chi connectivity index (χ4v) is 5.28. The van der Waals surface area contributed by atoms with Crippen LogP contribution in [0.2, 0.25) is 5.02 Å². The third-order valence-electron chi connectivity index (χ3n) is 6.56.